The molecule has 1 aromatic carbocycles. The van der Waals surface area contributed by atoms with Crippen molar-refractivity contribution < 1.29 is 14.0 Å². The first-order chi connectivity index (χ1) is 9.06. The van der Waals surface area contributed by atoms with Crippen LogP contribution in [0.15, 0.2) is 18.2 Å². The van der Waals surface area contributed by atoms with Gasteiger partial charge in [0, 0.05) is 36.7 Å². The van der Waals surface area contributed by atoms with Gasteiger partial charge >= 0.3 is 0 Å². The number of hydrogen-bond acceptors (Lipinski definition) is 3. The number of carbonyl (C=O) groups excluding carboxylic acids is 2. The Hall–Kier alpha value is -1.95. The lowest BCUT2D eigenvalue weighted by atomic mass is 10.1. The van der Waals surface area contributed by atoms with Crippen LogP contribution in [0.5, 0.6) is 0 Å². The summed E-state index contributed by atoms with van der Waals surface area (Å²) >= 11 is 0. The van der Waals surface area contributed by atoms with Crippen LogP contribution in [0.2, 0.25) is 0 Å². The van der Waals surface area contributed by atoms with E-state index in [0.717, 1.165) is 6.42 Å². The maximum Gasteiger partial charge on any atom is 0.248 e. The topological polar surface area (TPSA) is 84.2 Å². The molecule has 6 heteroatoms. The highest BCUT2D eigenvalue weighted by molar-refractivity contribution is 5.92. The smallest absolute Gasteiger partial charge is 0.248 e. The number of benzene rings is 1. The van der Waals surface area contributed by atoms with Gasteiger partial charge in [0.15, 0.2) is 0 Å². The SMILES string of the molecule is NC(=O)c1ccc(F)c(CNC2CCC(=O)NC2)c1. The molecule has 1 atom stereocenters. The molecular formula is C13H16FN3O2. The molecule has 0 saturated carbocycles. The summed E-state index contributed by atoms with van der Waals surface area (Å²) < 4.78 is 13.6. The number of hydrogen-bond donors (Lipinski definition) is 3. The molecule has 1 unspecified atom stereocenters. The average molecular weight is 265 g/mol. The van der Waals surface area contributed by atoms with Gasteiger partial charge in [-0.2, -0.15) is 0 Å². The second-order valence-corrected chi connectivity index (χ2v) is 4.59. The van der Waals surface area contributed by atoms with E-state index in [-0.39, 0.29) is 23.3 Å². The fraction of sp³-hybridized carbons (Fsp3) is 0.385. The molecule has 0 aromatic heterocycles. The quantitative estimate of drug-likeness (QED) is 0.731. The molecule has 1 aliphatic rings. The van der Waals surface area contributed by atoms with E-state index in [2.05, 4.69) is 10.6 Å². The van der Waals surface area contributed by atoms with E-state index in [9.17, 15) is 14.0 Å². The number of primary amides is 1. The van der Waals surface area contributed by atoms with Crippen molar-refractivity contribution in [3.63, 3.8) is 0 Å². The number of nitrogens with two attached hydrogens (primary N) is 1. The number of amides is 2. The van der Waals surface area contributed by atoms with Crippen LogP contribution in [-0.2, 0) is 11.3 Å². The number of piperidine rings is 1. The first-order valence-corrected chi connectivity index (χ1v) is 6.14. The maximum atomic E-state index is 13.6. The lowest BCUT2D eigenvalue weighted by Gasteiger charge is -2.23. The normalized spacial score (nSPS) is 19.0. The third kappa shape index (κ3) is 3.51. The van der Waals surface area contributed by atoms with Gasteiger partial charge in [-0.15, -0.1) is 0 Å². The van der Waals surface area contributed by atoms with Gasteiger partial charge in [0.05, 0.1) is 0 Å². The largest absolute Gasteiger partial charge is 0.366 e. The molecule has 0 radical (unpaired) electrons. The van der Waals surface area contributed by atoms with Gasteiger partial charge in [-0.1, -0.05) is 0 Å². The van der Waals surface area contributed by atoms with Crippen molar-refractivity contribution in [1.82, 2.24) is 10.6 Å². The summed E-state index contributed by atoms with van der Waals surface area (Å²) in [6, 6.07) is 4.17. The zero-order valence-corrected chi connectivity index (χ0v) is 10.4. The summed E-state index contributed by atoms with van der Waals surface area (Å²) in [4.78, 5) is 22.0. The van der Waals surface area contributed by atoms with Crippen molar-refractivity contribution >= 4 is 11.8 Å². The van der Waals surface area contributed by atoms with Crippen LogP contribution in [0, 0.1) is 5.82 Å². The van der Waals surface area contributed by atoms with Crippen molar-refractivity contribution in [3.05, 3.63) is 35.1 Å². The molecule has 1 aromatic rings. The van der Waals surface area contributed by atoms with Crippen molar-refractivity contribution in [2.24, 2.45) is 5.73 Å². The first kappa shape index (κ1) is 13.5. The highest BCUT2D eigenvalue weighted by Crippen LogP contribution is 2.11. The minimum atomic E-state index is -0.578. The van der Waals surface area contributed by atoms with Crippen LogP contribution in [0.25, 0.3) is 0 Å². The molecule has 1 fully saturated rings. The molecule has 1 saturated heterocycles. The summed E-state index contributed by atoms with van der Waals surface area (Å²) in [6.45, 7) is 0.837. The van der Waals surface area contributed by atoms with E-state index in [4.69, 9.17) is 5.73 Å². The highest BCUT2D eigenvalue weighted by atomic mass is 19.1. The Morgan fingerprint density at radius 1 is 1.53 bits per heavy atom. The molecule has 5 nitrogen and oxygen atoms in total. The zero-order chi connectivity index (χ0) is 13.8. The van der Waals surface area contributed by atoms with Crippen molar-refractivity contribution in [2.75, 3.05) is 6.54 Å². The average Bonchev–Trinajstić information content (AvgIpc) is 2.39. The van der Waals surface area contributed by atoms with Gasteiger partial charge < -0.3 is 16.4 Å². The molecule has 19 heavy (non-hydrogen) atoms. The van der Waals surface area contributed by atoms with Crippen LogP contribution >= 0.6 is 0 Å². The number of rotatable bonds is 4. The Balaban J connectivity index is 1.97. The van der Waals surface area contributed by atoms with E-state index in [1.807, 2.05) is 0 Å². The predicted octanol–water partition coefficient (Wildman–Crippen LogP) is 0.293. The summed E-state index contributed by atoms with van der Waals surface area (Å²) in [5.41, 5.74) is 5.84. The Kier molecular flexibility index (Phi) is 4.11. The van der Waals surface area contributed by atoms with Gasteiger partial charge in [0.2, 0.25) is 11.8 Å². The standard InChI is InChI=1S/C13H16FN3O2/c14-11-3-1-8(13(15)19)5-9(11)6-16-10-2-4-12(18)17-7-10/h1,3,5,10,16H,2,4,6-7H2,(H2,15,19)(H,17,18). The second kappa shape index (κ2) is 5.79. The fourth-order valence-electron chi connectivity index (χ4n) is 2.02. The van der Waals surface area contributed by atoms with E-state index in [0.29, 0.717) is 25.1 Å². The van der Waals surface area contributed by atoms with Gasteiger partial charge in [-0.3, -0.25) is 9.59 Å². The van der Waals surface area contributed by atoms with Gasteiger partial charge in [-0.05, 0) is 24.6 Å². The van der Waals surface area contributed by atoms with E-state index in [1.165, 1.54) is 18.2 Å². The van der Waals surface area contributed by atoms with Gasteiger partial charge in [0.1, 0.15) is 5.82 Å². The summed E-state index contributed by atoms with van der Waals surface area (Å²) in [5.74, 6) is -0.913. The van der Waals surface area contributed by atoms with E-state index >= 15 is 0 Å². The molecule has 102 valence electrons. The zero-order valence-electron chi connectivity index (χ0n) is 10.4. The van der Waals surface area contributed by atoms with Gasteiger partial charge in [-0.25, -0.2) is 4.39 Å². The predicted molar refractivity (Wildman–Crippen MR) is 67.8 cm³/mol. The third-order valence-electron chi connectivity index (χ3n) is 3.18. The first-order valence-electron chi connectivity index (χ1n) is 6.14. The van der Waals surface area contributed by atoms with Crippen LogP contribution in [0.1, 0.15) is 28.8 Å². The Morgan fingerprint density at radius 3 is 2.95 bits per heavy atom. The minimum absolute atomic E-state index is 0.0416. The summed E-state index contributed by atoms with van der Waals surface area (Å²) in [7, 11) is 0. The van der Waals surface area contributed by atoms with Crippen molar-refractivity contribution in [3.8, 4) is 0 Å². The Bertz CT molecular complexity index is 495. The number of halogens is 1. The lowest BCUT2D eigenvalue weighted by Crippen LogP contribution is -2.45. The molecule has 1 heterocycles. The van der Waals surface area contributed by atoms with E-state index in [1.54, 1.807) is 0 Å². The minimum Gasteiger partial charge on any atom is -0.366 e. The maximum absolute atomic E-state index is 13.6. The highest BCUT2D eigenvalue weighted by Gasteiger charge is 2.17. The molecule has 2 amide bonds. The monoisotopic (exact) mass is 265 g/mol. The number of nitrogens with one attached hydrogen (secondary N) is 2. The third-order valence-corrected chi connectivity index (χ3v) is 3.18. The molecule has 0 spiro atoms. The summed E-state index contributed by atoms with van der Waals surface area (Å²) in [6.07, 6.45) is 1.20. The molecule has 0 bridgehead atoms. The Labute approximate surface area is 110 Å². The Morgan fingerprint density at radius 2 is 2.32 bits per heavy atom. The van der Waals surface area contributed by atoms with Gasteiger partial charge in [0.25, 0.3) is 0 Å². The van der Waals surface area contributed by atoms with Crippen molar-refractivity contribution in [2.45, 2.75) is 25.4 Å². The second-order valence-electron chi connectivity index (χ2n) is 4.59. The lowest BCUT2D eigenvalue weighted by molar-refractivity contribution is -0.122. The molecule has 1 aliphatic heterocycles. The van der Waals surface area contributed by atoms with Crippen LogP contribution in [0.4, 0.5) is 4.39 Å². The van der Waals surface area contributed by atoms with Crippen LogP contribution < -0.4 is 16.4 Å². The molecule has 4 N–H and O–H groups in total. The summed E-state index contributed by atoms with van der Waals surface area (Å²) in [5, 5.41) is 5.90. The molecule has 0 aliphatic carbocycles. The molecule has 2 rings (SSSR count). The fourth-order valence-corrected chi connectivity index (χ4v) is 2.02. The van der Waals surface area contributed by atoms with E-state index < -0.39 is 5.91 Å². The van der Waals surface area contributed by atoms with Crippen LogP contribution in [-0.4, -0.2) is 24.4 Å². The van der Waals surface area contributed by atoms with Crippen LogP contribution in [0.3, 0.4) is 0 Å². The number of carbonyl (C=O) groups is 2. The molecular weight excluding hydrogens is 249 g/mol. The van der Waals surface area contributed by atoms with Crippen molar-refractivity contribution in [1.29, 1.82) is 0 Å².